The van der Waals surface area contributed by atoms with E-state index in [0.717, 1.165) is 29.9 Å². The first-order valence-corrected chi connectivity index (χ1v) is 10.8. The summed E-state index contributed by atoms with van der Waals surface area (Å²) < 4.78 is 30.0. The van der Waals surface area contributed by atoms with E-state index in [0.29, 0.717) is 0 Å². The van der Waals surface area contributed by atoms with E-state index in [2.05, 4.69) is 18.7 Å². The summed E-state index contributed by atoms with van der Waals surface area (Å²) in [4.78, 5) is 14.5. The summed E-state index contributed by atoms with van der Waals surface area (Å²) >= 11 is 0. The van der Waals surface area contributed by atoms with Gasteiger partial charge in [-0.1, -0.05) is 35.9 Å². The molecular weight excluding hydrogens is 362 g/mol. The molecule has 2 rings (SSSR count). The quantitative estimate of drug-likeness (QED) is 0.611. The minimum Gasteiger partial charge on any atom is -0.461 e. The Morgan fingerprint density at radius 1 is 1.00 bits per heavy atom. The van der Waals surface area contributed by atoms with E-state index in [1.165, 1.54) is 0 Å². The number of carbonyl (C=O) groups excluding carboxylic acids is 1. The van der Waals surface area contributed by atoms with Gasteiger partial charge in [0.15, 0.2) is 9.84 Å². The molecule has 0 saturated carbocycles. The number of ether oxygens (including phenoxy) is 1. The van der Waals surface area contributed by atoms with Gasteiger partial charge in [0.25, 0.3) is 0 Å². The van der Waals surface area contributed by atoms with Crippen LogP contribution >= 0.6 is 0 Å². The summed E-state index contributed by atoms with van der Waals surface area (Å²) in [6.07, 6.45) is -0.163. The zero-order chi connectivity index (χ0) is 19.9. The predicted octanol–water partition coefficient (Wildman–Crippen LogP) is 3.75. The highest BCUT2D eigenvalue weighted by atomic mass is 32.2. The second-order valence-corrected chi connectivity index (χ2v) is 8.45. The normalized spacial score (nSPS) is 11.2. The van der Waals surface area contributed by atoms with Crippen LogP contribution in [0.5, 0.6) is 0 Å². The summed E-state index contributed by atoms with van der Waals surface area (Å²) in [7, 11) is -3.49. The van der Waals surface area contributed by atoms with E-state index in [-0.39, 0.29) is 23.7 Å². The Hall–Kier alpha value is -2.34. The van der Waals surface area contributed by atoms with Crippen molar-refractivity contribution in [3.63, 3.8) is 0 Å². The molecule has 0 bridgehead atoms. The fourth-order valence-corrected chi connectivity index (χ4v) is 4.04. The number of aryl methyl sites for hydroxylation is 1. The summed E-state index contributed by atoms with van der Waals surface area (Å²) in [5.41, 5.74) is 2.93. The molecule has 0 aliphatic carbocycles. The zero-order valence-electron chi connectivity index (χ0n) is 16.1. The number of carbonyl (C=O) groups is 1. The largest absolute Gasteiger partial charge is 0.461 e. The van der Waals surface area contributed by atoms with Crippen molar-refractivity contribution in [3.05, 3.63) is 59.7 Å². The van der Waals surface area contributed by atoms with Gasteiger partial charge in [0, 0.05) is 24.3 Å². The molecule has 0 aromatic heterocycles. The lowest BCUT2D eigenvalue weighted by molar-refractivity contribution is -0.144. The van der Waals surface area contributed by atoms with Gasteiger partial charge < -0.3 is 9.64 Å². The lowest BCUT2D eigenvalue weighted by Crippen LogP contribution is -2.23. The number of rotatable bonds is 9. The van der Waals surface area contributed by atoms with Crippen LogP contribution < -0.4 is 4.90 Å². The zero-order valence-corrected chi connectivity index (χ0v) is 17.0. The lowest BCUT2D eigenvalue weighted by Gasteiger charge is -2.24. The molecule has 2 aromatic rings. The van der Waals surface area contributed by atoms with Gasteiger partial charge in [-0.15, -0.1) is 0 Å². The molecule has 0 N–H and O–H groups in total. The van der Waals surface area contributed by atoms with Gasteiger partial charge in [0.1, 0.15) is 6.61 Å². The minimum absolute atomic E-state index is 0.135. The third-order valence-electron chi connectivity index (χ3n) is 4.44. The molecule has 0 amide bonds. The smallest absolute Gasteiger partial charge is 0.307 e. The number of benzene rings is 2. The molecule has 2 aromatic carbocycles. The average molecular weight is 390 g/mol. The Morgan fingerprint density at radius 2 is 1.63 bits per heavy atom. The van der Waals surface area contributed by atoms with Crippen LogP contribution in [0.15, 0.2) is 53.4 Å². The number of hydrogen-bond acceptors (Lipinski definition) is 5. The van der Waals surface area contributed by atoms with E-state index >= 15 is 0 Å². The van der Waals surface area contributed by atoms with Crippen molar-refractivity contribution in [2.45, 2.75) is 38.7 Å². The fraction of sp³-hybridized carbons (Fsp3) is 0.381. The number of sulfone groups is 1. The molecule has 0 heterocycles. The first-order chi connectivity index (χ1) is 12.9. The van der Waals surface area contributed by atoms with Gasteiger partial charge in [-0.2, -0.15) is 0 Å². The van der Waals surface area contributed by atoms with Gasteiger partial charge in [-0.3, -0.25) is 4.79 Å². The van der Waals surface area contributed by atoms with Crippen molar-refractivity contribution < 1.29 is 17.9 Å². The van der Waals surface area contributed by atoms with Gasteiger partial charge in [-0.05, 0) is 39.0 Å². The van der Waals surface area contributed by atoms with Crippen LogP contribution in [0, 0.1) is 6.92 Å². The van der Waals surface area contributed by atoms with Crippen molar-refractivity contribution >= 4 is 21.5 Å². The SMILES string of the molecule is CCN(CC)c1ccccc1COC(=O)CCS(=O)(=O)c1ccc(C)cc1. The molecule has 5 nitrogen and oxygen atoms in total. The molecular formula is C21H27NO4S. The molecule has 27 heavy (non-hydrogen) atoms. The minimum atomic E-state index is -3.49. The highest BCUT2D eigenvalue weighted by Crippen LogP contribution is 2.21. The fourth-order valence-electron chi connectivity index (χ4n) is 2.82. The Labute approximate surface area is 161 Å². The second-order valence-electron chi connectivity index (χ2n) is 6.34. The summed E-state index contributed by atoms with van der Waals surface area (Å²) in [5, 5.41) is 0. The second kappa shape index (κ2) is 9.55. The first-order valence-electron chi connectivity index (χ1n) is 9.15. The number of nitrogens with zero attached hydrogens (tertiary/aromatic N) is 1. The molecule has 0 atom stereocenters. The highest BCUT2D eigenvalue weighted by Gasteiger charge is 2.17. The van der Waals surface area contributed by atoms with E-state index in [1.54, 1.807) is 24.3 Å². The molecule has 0 fully saturated rings. The molecule has 6 heteroatoms. The van der Waals surface area contributed by atoms with Crippen molar-refractivity contribution in [2.75, 3.05) is 23.7 Å². The number of anilines is 1. The van der Waals surface area contributed by atoms with E-state index in [4.69, 9.17) is 4.74 Å². The van der Waals surface area contributed by atoms with Crippen LogP contribution in [0.25, 0.3) is 0 Å². The van der Waals surface area contributed by atoms with Crippen LogP contribution in [-0.4, -0.2) is 33.2 Å². The van der Waals surface area contributed by atoms with E-state index in [9.17, 15) is 13.2 Å². The predicted molar refractivity (Wildman–Crippen MR) is 108 cm³/mol. The average Bonchev–Trinajstić information content (AvgIpc) is 2.67. The van der Waals surface area contributed by atoms with Crippen molar-refractivity contribution in [1.29, 1.82) is 0 Å². The van der Waals surface area contributed by atoms with Gasteiger partial charge in [-0.25, -0.2) is 8.42 Å². The van der Waals surface area contributed by atoms with Gasteiger partial charge in [0.2, 0.25) is 0 Å². The molecule has 146 valence electrons. The van der Waals surface area contributed by atoms with Crippen LogP contribution in [0.2, 0.25) is 0 Å². The van der Waals surface area contributed by atoms with Gasteiger partial charge in [0.05, 0.1) is 17.1 Å². The summed E-state index contributed by atoms with van der Waals surface area (Å²) in [6, 6.07) is 14.4. The maximum Gasteiger partial charge on any atom is 0.307 e. The first kappa shape index (κ1) is 21.0. The van der Waals surface area contributed by atoms with Crippen LogP contribution in [-0.2, 0) is 26.0 Å². The number of para-hydroxylation sites is 1. The molecule has 0 spiro atoms. The molecule has 0 unspecified atom stereocenters. The molecule has 0 radical (unpaired) electrons. The highest BCUT2D eigenvalue weighted by molar-refractivity contribution is 7.91. The maximum atomic E-state index is 12.3. The lowest BCUT2D eigenvalue weighted by atomic mass is 10.1. The number of esters is 1. The van der Waals surface area contributed by atoms with E-state index in [1.807, 2.05) is 31.2 Å². The third-order valence-corrected chi connectivity index (χ3v) is 6.17. The Morgan fingerprint density at radius 3 is 2.26 bits per heavy atom. The van der Waals surface area contributed by atoms with Crippen LogP contribution in [0.4, 0.5) is 5.69 Å². The Balaban J connectivity index is 1.94. The topological polar surface area (TPSA) is 63.7 Å². The Kier molecular flexibility index (Phi) is 7.42. The van der Waals surface area contributed by atoms with Gasteiger partial charge >= 0.3 is 5.97 Å². The van der Waals surface area contributed by atoms with Crippen LogP contribution in [0.1, 0.15) is 31.4 Å². The summed E-state index contributed by atoms with van der Waals surface area (Å²) in [6.45, 7) is 7.89. The monoisotopic (exact) mass is 389 g/mol. The maximum absolute atomic E-state index is 12.3. The summed E-state index contributed by atoms with van der Waals surface area (Å²) in [5.74, 6) is -0.771. The molecule has 0 aliphatic heterocycles. The molecule has 0 aliphatic rings. The third kappa shape index (κ3) is 5.82. The molecule has 0 saturated heterocycles. The van der Waals surface area contributed by atoms with Crippen molar-refractivity contribution in [2.24, 2.45) is 0 Å². The number of hydrogen-bond donors (Lipinski definition) is 0. The van der Waals surface area contributed by atoms with Crippen LogP contribution in [0.3, 0.4) is 0 Å². The van der Waals surface area contributed by atoms with E-state index < -0.39 is 15.8 Å². The Bertz CT molecular complexity index is 856. The van der Waals surface area contributed by atoms with Crippen molar-refractivity contribution in [1.82, 2.24) is 0 Å². The van der Waals surface area contributed by atoms with Crippen molar-refractivity contribution in [3.8, 4) is 0 Å². The standard InChI is InChI=1S/C21H27NO4S/c1-4-22(5-2)20-9-7-6-8-18(20)16-26-21(23)14-15-27(24,25)19-12-10-17(3)11-13-19/h6-13H,4-5,14-16H2,1-3H3.